The van der Waals surface area contributed by atoms with Crippen LogP contribution in [0, 0.1) is 0 Å². The van der Waals surface area contributed by atoms with Gasteiger partial charge in [-0.15, -0.1) is 0 Å². The normalized spacial score (nSPS) is 18.2. The number of carboxylic acid groups (broad SMARTS) is 1. The Morgan fingerprint density at radius 2 is 2.10 bits per heavy atom. The summed E-state index contributed by atoms with van der Waals surface area (Å²) in [5, 5.41) is 12.0. The van der Waals surface area contributed by atoms with E-state index < -0.39 is 5.97 Å². The van der Waals surface area contributed by atoms with Crippen LogP contribution in [0.2, 0.25) is 0 Å². The Balaban J connectivity index is 2.06. The Kier molecular flexibility index (Phi) is 6.07. The lowest BCUT2D eigenvalue weighted by Gasteiger charge is -2.30. The highest BCUT2D eigenvalue weighted by molar-refractivity contribution is 7.99. The molecule has 0 spiro atoms. The highest BCUT2D eigenvalue weighted by Crippen LogP contribution is 2.18. The van der Waals surface area contributed by atoms with Crippen LogP contribution >= 0.6 is 11.8 Å². The fourth-order valence-electron chi connectivity index (χ4n) is 2.28. The highest BCUT2D eigenvalue weighted by atomic mass is 32.2. The van der Waals surface area contributed by atoms with Crippen LogP contribution in [0.3, 0.4) is 0 Å². The fourth-order valence-corrected chi connectivity index (χ4v) is 3.20. The van der Waals surface area contributed by atoms with Crippen LogP contribution in [0.4, 0.5) is 5.69 Å². The summed E-state index contributed by atoms with van der Waals surface area (Å²) in [4.78, 5) is 25.0. The molecular weight excluding hydrogens is 288 g/mol. The molecular formula is C15H20N2O3S. The second-order valence-corrected chi connectivity index (χ2v) is 6.05. The van der Waals surface area contributed by atoms with Gasteiger partial charge in [-0.1, -0.05) is 18.2 Å². The van der Waals surface area contributed by atoms with E-state index in [-0.39, 0.29) is 18.4 Å². The zero-order valence-corrected chi connectivity index (χ0v) is 12.6. The highest BCUT2D eigenvalue weighted by Gasteiger charge is 2.26. The first-order valence-electron chi connectivity index (χ1n) is 7.08. The Bertz CT molecular complexity index is 475. The van der Waals surface area contributed by atoms with Crippen molar-refractivity contribution in [2.45, 2.75) is 18.9 Å². The number of amides is 1. The summed E-state index contributed by atoms with van der Waals surface area (Å²) < 4.78 is 0. The number of hydrogen-bond donors (Lipinski definition) is 2. The van der Waals surface area contributed by atoms with E-state index in [4.69, 9.17) is 5.11 Å². The van der Waals surface area contributed by atoms with Crippen molar-refractivity contribution in [2.75, 3.05) is 29.5 Å². The predicted molar refractivity (Wildman–Crippen MR) is 84.8 cm³/mol. The number of carbonyl (C=O) groups excluding carboxylic acids is 1. The van der Waals surface area contributed by atoms with E-state index in [0.29, 0.717) is 13.0 Å². The minimum Gasteiger partial charge on any atom is -0.481 e. The van der Waals surface area contributed by atoms with Gasteiger partial charge in [0.05, 0.1) is 6.04 Å². The molecule has 1 fully saturated rings. The monoisotopic (exact) mass is 308 g/mol. The first-order chi connectivity index (χ1) is 10.2. The SMILES string of the molecule is O=C(O)CCCN(C(=O)C1CSCCN1)c1ccccc1. The van der Waals surface area contributed by atoms with Crippen LogP contribution in [0.1, 0.15) is 12.8 Å². The third-order valence-electron chi connectivity index (χ3n) is 3.33. The van der Waals surface area contributed by atoms with E-state index in [2.05, 4.69) is 5.32 Å². The molecule has 6 heteroatoms. The summed E-state index contributed by atoms with van der Waals surface area (Å²) in [6.45, 7) is 1.26. The standard InChI is InChI=1S/C15H20N2O3S/c18-14(19)7-4-9-17(12-5-2-1-3-6-12)15(20)13-11-21-10-8-16-13/h1-3,5-6,13,16H,4,7-11H2,(H,18,19). The number of carboxylic acids is 1. The zero-order chi connectivity index (χ0) is 15.1. The molecule has 0 aromatic heterocycles. The molecule has 1 aromatic rings. The maximum atomic E-state index is 12.7. The minimum absolute atomic E-state index is 0.0267. The minimum atomic E-state index is -0.832. The molecule has 0 aliphatic carbocycles. The van der Waals surface area contributed by atoms with Crippen LogP contribution in [0.5, 0.6) is 0 Å². The van der Waals surface area contributed by atoms with Crippen LogP contribution in [0.25, 0.3) is 0 Å². The van der Waals surface area contributed by atoms with Gasteiger partial charge in [-0.05, 0) is 18.6 Å². The number of aliphatic carboxylic acids is 1. The molecule has 1 amide bonds. The molecule has 0 radical (unpaired) electrons. The summed E-state index contributed by atoms with van der Waals surface area (Å²) in [7, 11) is 0. The second kappa shape index (κ2) is 8.05. The van der Waals surface area contributed by atoms with Crippen LogP contribution in [-0.2, 0) is 9.59 Å². The lowest BCUT2D eigenvalue weighted by atomic mass is 10.2. The number of nitrogens with one attached hydrogen (secondary N) is 1. The molecule has 1 saturated heterocycles. The van der Waals surface area contributed by atoms with Crippen molar-refractivity contribution in [3.63, 3.8) is 0 Å². The Hall–Kier alpha value is -1.53. The van der Waals surface area contributed by atoms with Gasteiger partial charge in [0.15, 0.2) is 0 Å². The van der Waals surface area contributed by atoms with Gasteiger partial charge in [0, 0.05) is 36.7 Å². The van der Waals surface area contributed by atoms with Gasteiger partial charge in [-0.3, -0.25) is 9.59 Å². The molecule has 2 rings (SSSR count). The third kappa shape index (κ3) is 4.75. The largest absolute Gasteiger partial charge is 0.481 e. The van der Waals surface area contributed by atoms with Crippen molar-refractivity contribution < 1.29 is 14.7 Å². The molecule has 0 saturated carbocycles. The summed E-state index contributed by atoms with van der Waals surface area (Å²) in [6, 6.07) is 9.25. The molecule has 21 heavy (non-hydrogen) atoms. The number of carbonyl (C=O) groups is 2. The summed E-state index contributed by atoms with van der Waals surface area (Å²) in [5.74, 6) is 0.982. The van der Waals surface area contributed by atoms with Crippen LogP contribution in [-0.4, -0.2) is 47.6 Å². The van der Waals surface area contributed by atoms with Crippen molar-refractivity contribution in [3.8, 4) is 0 Å². The lowest BCUT2D eigenvalue weighted by Crippen LogP contribution is -2.51. The maximum absolute atomic E-state index is 12.7. The van der Waals surface area contributed by atoms with Gasteiger partial charge in [-0.2, -0.15) is 11.8 Å². The van der Waals surface area contributed by atoms with Crippen LogP contribution < -0.4 is 10.2 Å². The lowest BCUT2D eigenvalue weighted by molar-refractivity contribution is -0.137. The molecule has 1 atom stereocenters. The van der Waals surface area contributed by atoms with E-state index in [9.17, 15) is 9.59 Å². The van der Waals surface area contributed by atoms with E-state index in [1.54, 1.807) is 16.7 Å². The molecule has 114 valence electrons. The van der Waals surface area contributed by atoms with Crippen molar-refractivity contribution in [3.05, 3.63) is 30.3 Å². The van der Waals surface area contributed by atoms with Gasteiger partial charge >= 0.3 is 5.97 Å². The zero-order valence-electron chi connectivity index (χ0n) is 11.8. The molecule has 1 unspecified atom stereocenters. The van der Waals surface area contributed by atoms with Crippen molar-refractivity contribution >= 4 is 29.3 Å². The van der Waals surface area contributed by atoms with Gasteiger partial charge in [0.25, 0.3) is 0 Å². The molecule has 1 aliphatic rings. The number of benzene rings is 1. The van der Waals surface area contributed by atoms with Crippen molar-refractivity contribution in [2.24, 2.45) is 0 Å². The molecule has 1 aromatic carbocycles. The van der Waals surface area contributed by atoms with Crippen molar-refractivity contribution in [1.29, 1.82) is 0 Å². The van der Waals surface area contributed by atoms with E-state index >= 15 is 0 Å². The average Bonchev–Trinajstić information content (AvgIpc) is 2.52. The number of anilines is 1. The van der Waals surface area contributed by atoms with E-state index in [1.165, 1.54) is 0 Å². The molecule has 2 N–H and O–H groups in total. The third-order valence-corrected chi connectivity index (χ3v) is 4.39. The number of hydrogen-bond acceptors (Lipinski definition) is 4. The molecule has 0 bridgehead atoms. The molecule has 1 aliphatic heterocycles. The number of rotatable bonds is 6. The Morgan fingerprint density at radius 1 is 1.33 bits per heavy atom. The second-order valence-electron chi connectivity index (χ2n) is 4.90. The topological polar surface area (TPSA) is 69.6 Å². The smallest absolute Gasteiger partial charge is 0.303 e. The fraction of sp³-hybridized carbons (Fsp3) is 0.467. The van der Waals surface area contributed by atoms with Crippen LogP contribution in [0.15, 0.2) is 30.3 Å². The van der Waals surface area contributed by atoms with Gasteiger partial charge in [0.2, 0.25) is 5.91 Å². The van der Waals surface area contributed by atoms with Gasteiger partial charge in [-0.25, -0.2) is 0 Å². The number of nitrogens with zero attached hydrogens (tertiary/aromatic N) is 1. The van der Waals surface area contributed by atoms with Gasteiger partial charge in [0.1, 0.15) is 0 Å². The predicted octanol–water partition coefficient (Wildman–Crippen LogP) is 1.59. The van der Waals surface area contributed by atoms with E-state index in [1.807, 2.05) is 30.3 Å². The number of thioether (sulfide) groups is 1. The summed E-state index contributed by atoms with van der Waals surface area (Å²) >= 11 is 1.77. The summed E-state index contributed by atoms with van der Waals surface area (Å²) in [6.07, 6.45) is 0.527. The molecule has 5 nitrogen and oxygen atoms in total. The van der Waals surface area contributed by atoms with Gasteiger partial charge < -0.3 is 15.3 Å². The summed E-state index contributed by atoms with van der Waals surface area (Å²) in [5.41, 5.74) is 0.824. The number of para-hydroxylation sites is 1. The quantitative estimate of drug-likeness (QED) is 0.835. The molecule has 1 heterocycles. The Morgan fingerprint density at radius 3 is 2.71 bits per heavy atom. The first kappa shape index (κ1) is 15.9. The maximum Gasteiger partial charge on any atom is 0.303 e. The first-order valence-corrected chi connectivity index (χ1v) is 8.23. The average molecular weight is 308 g/mol. The van der Waals surface area contributed by atoms with Crippen molar-refractivity contribution in [1.82, 2.24) is 5.32 Å². The Labute approximate surface area is 128 Å². The van der Waals surface area contributed by atoms with E-state index in [0.717, 1.165) is 23.7 Å².